The number of hydrogen-bond acceptors (Lipinski definition) is 3. The Balaban J connectivity index is 0. The first-order valence-electron chi connectivity index (χ1n) is 8.44. The number of rotatable bonds is 3. The molecule has 23 heavy (non-hydrogen) atoms. The van der Waals surface area contributed by atoms with Crippen LogP contribution in [-0.4, -0.2) is 12.1 Å². The van der Waals surface area contributed by atoms with Crippen molar-refractivity contribution in [1.82, 2.24) is 0 Å². The Labute approximate surface area is 143 Å². The first-order valence-corrected chi connectivity index (χ1v) is 8.44. The van der Waals surface area contributed by atoms with E-state index in [-0.39, 0.29) is 12.1 Å². The maximum absolute atomic E-state index is 11.5. The highest BCUT2D eigenvalue weighted by atomic mass is 16.5. The van der Waals surface area contributed by atoms with Crippen LogP contribution in [0.25, 0.3) is 0 Å². The SMILES string of the molecule is CC(C)(C)C.CCC.Cc1ccc(C(N)C(=O)OC(C)C)cc1. The van der Waals surface area contributed by atoms with Crippen molar-refractivity contribution in [2.45, 2.75) is 80.9 Å². The van der Waals surface area contributed by atoms with Gasteiger partial charge in [0.15, 0.2) is 0 Å². The van der Waals surface area contributed by atoms with Gasteiger partial charge in [0.2, 0.25) is 0 Å². The summed E-state index contributed by atoms with van der Waals surface area (Å²) in [5.74, 6) is -0.381. The molecule has 0 saturated heterocycles. The number of benzene rings is 1. The summed E-state index contributed by atoms with van der Waals surface area (Å²) in [6.07, 6.45) is 1.12. The van der Waals surface area contributed by atoms with Crippen LogP contribution < -0.4 is 5.73 Å². The smallest absolute Gasteiger partial charge is 0.327 e. The highest BCUT2D eigenvalue weighted by Gasteiger charge is 2.17. The van der Waals surface area contributed by atoms with Crippen LogP contribution in [0.15, 0.2) is 24.3 Å². The molecule has 0 fully saturated rings. The highest BCUT2D eigenvalue weighted by molar-refractivity contribution is 5.77. The van der Waals surface area contributed by atoms with E-state index in [0.29, 0.717) is 5.41 Å². The molecule has 0 saturated carbocycles. The first kappa shape index (κ1) is 23.9. The van der Waals surface area contributed by atoms with Crippen LogP contribution in [0.5, 0.6) is 0 Å². The van der Waals surface area contributed by atoms with Gasteiger partial charge in [0, 0.05) is 0 Å². The number of aryl methyl sites for hydroxylation is 1. The molecule has 0 bridgehead atoms. The van der Waals surface area contributed by atoms with Gasteiger partial charge in [-0.05, 0) is 31.7 Å². The summed E-state index contributed by atoms with van der Waals surface area (Å²) in [5.41, 5.74) is 8.19. The molecular weight excluding hydrogens is 286 g/mol. The number of ether oxygens (including phenoxy) is 1. The van der Waals surface area contributed by atoms with Crippen LogP contribution in [0.2, 0.25) is 0 Å². The molecule has 1 atom stereocenters. The van der Waals surface area contributed by atoms with Gasteiger partial charge in [-0.3, -0.25) is 0 Å². The van der Waals surface area contributed by atoms with Crippen LogP contribution >= 0.6 is 0 Å². The average molecular weight is 324 g/mol. The molecule has 2 N–H and O–H groups in total. The Morgan fingerprint density at radius 1 is 1.09 bits per heavy atom. The van der Waals surface area contributed by atoms with Crippen molar-refractivity contribution in [1.29, 1.82) is 0 Å². The third-order valence-corrected chi connectivity index (χ3v) is 2.04. The van der Waals surface area contributed by atoms with Crippen molar-refractivity contribution in [3.05, 3.63) is 35.4 Å². The van der Waals surface area contributed by atoms with Gasteiger partial charge in [-0.1, -0.05) is 77.8 Å². The van der Waals surface area contributed by atoms with Crippen molar-refractivity contribution < 1.29 is 9.53 Å². The fraction of sp³-hybridized carbons (Fsp3) is 0.650. The maximum atomic E-state index is 11.5. The molecular formula is C20H37NO2. The normalized spacial score (nSPS) is 11.6. The van der Waals surface area contributed by atoms with Crippen molar-refractivity contribution in [2.75, 3.05) is 0 Å². The lowest BCUT2D eigenvalue weighted by atomic mass is 10.0. The minimum absolute atomic E-state index is 0.131. The minimum Gasteiger partial charge on any atom is -0.462 e. The largest absolute Gasteiger partial charge is 0.462 e. The van der Waals surface area contributed by atoms with Crippen LogP contribution in [0.1, 0.15) is 79.0 Å². The number of nitrogens with two attached hydrogens (primary N) is 1. The predicted molar refractivity (Wildman–Crippen MR) is 100 cm³/mol. The van der Waals surface area contributed by atoms with Gasteiger partial charge in [0.25, 0.3) is 0 Å². The van der Waals surface area contributed by atoms with Gasteiger partial charge in [-0.15, -0.1) is 0 Å². The average Bonchev–Trinajstić information content (AvgIpc) is 2.37. The molecule has 1 rings (SSSR count). The van der Waals surface area contributed by atoms with Gasteiger partial charge in [-0.25, -0.2) is 4.79 Å². The number of carbonyl (C=O) groups excluding carboxylic acids is 1. The van der Waals surface area contributed by atoms with Crippen LogP contribution in [0.4, 0.5) is 0 Å². The zero-order valence-electron chi connectivity index (χ0n) is 16.6. The molecule has 3 nitrogen and oxygen atoms in total. The monoisotopic (exact) mass is 323 g/mol. The maximum Gasteiger partial charge on any atom is 0.327 e. The van der Waals surface area contributed by atoms with Gasteiger partial charge in [0.1, 0.15) is 6.04 Å². The molecule has 0 spiro atoms. The van der Waals surface area contributed by atoms with Crippen molar-refractivity contribution in [2.24, 2.45) is 11.1 Å². The fourth-order valence-electron chi connectivity index (χ4n) is 1.22. The number of esters is 1. The Morgan fingerprint density at radius 3 is 1.74 bits per heavy atom. The molecule has 134 valence electrons. The van der Waals surface area contributed by atoms with Gasteiger partial charge in [0.05, 0.1) is 6.10 Å². The quantitative estimate of drug-likeness (QED) is 0.756. The highest BCUT2D eigenvalue weighted by Crippen LogP contribution is 2.13. The minimum atomic E-state index is -0.687. The van der Waals surface area contributed by atoms with Gasteiger partial charge in [-0.2, -0.15) is 0 Å². The Kier molecular flexibility index (Phi) is 12.6. The Hall–Kier alpha value is -1.35. The fourth-order valence-corrected chi connectivity index (χ4v) is 1.22. The van der Waals surface area contributed by atoms with Crippen molar-refractivity contribution in [3.63, 3.8) is 0 Å². The molecule has 1 unspecified atom stereocenters. The zero-order valence-corrected chi connectivity index (χ0v) is 16.6. The molecule has 0 aliphatic rings. The van der Waals surface area contributed by atoms with Gasteiger partial charge >= 0.3 is 5.97 Å². The molecule has 0 radical (unpaired) electrons. The lowest BCUT2D eigenvalue weighted by Gasteiger charge is -2.14. The second-order valence-corrected chi connectivity index (χ2v) is 7.58. The third kappa shape index (κ3) is 16.8. The van der Waals surface area contributed by atoms with E-state index in [4.69, 9.17) is 10.5 Å². The van der Waals surface area contributed by atoms with Gasteiger partial charge < -0.3 is 10.5 Å². The zero-order chi connectivity index (χ0) is 18.6. The van der Waals surface area contributed by atoms with Crippen molar-refractivity contribution in [3.8, 4) is 0 Å². The predicted octanol–water partition coefficient (Wildman–Crippen LogP) is 5.42. The van der Waals surface area contributed by atoms with E-state index in [1.807, 2.05) is 31.2 Å². The summed E-state index contributed by atoms with van der Waals surface area (Å²) < 4.78 is 5.03. The van der Waals surface area contributed by atoms with Crippen LogP contribution in [0.3, 0.4) is 0 Å². The van der Waals surface area contributed by atoms with E-state index >= 15 is 0 Å². The van der Waals surface area contributed by atoms with Crippen molar-refractivity contribution >= 4 is 5.97 Å². The molecule has 0 heterocycles. The summed E-state index contributed by atoms with van der Waals surface area (Å²) >= 11 is 0. The number of hydrogen-bond donors (Lipinski definition) is 1. The standard InChI is InChI=1S/C12H17NO2.C5H12.C3H8/c1-8(2)15-12(14)11(13)10-6-4-9(3)5-7-10;1-5(2,3)4;1-3-2/h4-8,11H,13H2,1-3H3;1-4H3;3H2,1-2H3. The molecule has 3 heteroatoms. The van der Waals surface area contributed by atoms with E-state index in [9.17, 15) is 4.79 Å². The Morgan fingerprint density at radius 2 is 1.43 bits per heavy atom. The lowest BCUT2D eigenvalue weighted by molar-refractivity contribution is -0.149. The molecule has 1 aromatic rings. The lowest BCUT2D eigenvalue weighted by Crippen LogP contribution is -2.26. The van der Waals surface area contributed by atoms with Crippen LogP contribution in [-0.2, 0) is 9.53 Å². The summed E-state index contributed by atoms with van der Waals surface area (Å²) in [4.78, 5) is 11.5. The van der Waals surface area contributed by atoms with E-state index in [0.717, 1.165) is 11.1 Å². The molecule has 0 amide bonds. The molecule has 0 aliphatic heterocycles. The summed E-state index contributed by atoms with van der Waals surface area (Å²) in [7, 11) is 0. The molecule has 0 aliphatic carbocycles. The summed E-state index contributed by atoms with van der Waals surface area (Å²) in [6.45, 7) is 18.6. The second-order valence-electron chi connectivity index (χ2n) is 7.58. The molecule has 1 aromatic carbocycles. The number of carbonyl (C=O) groups is 1. The van der Waals surface area contributed by atoms with E-state index in [1.54, 1.807) is 13.8 Å². The Bertz CT molecular complexity index is 410. The van der Waals surface area contributed by atoms with E-state index in [1.165, 1.54) is 6.42 Å². The van der Waals surface area contributed by atoms with E-state index in [2.05, 4.69) is 41.5 Å². The molecule has 0 aromatic heterocycles. The second kappa shape index (κ2) is 12.1. The first-order chi connectivity index (χ1) is 10.4. The van der Waals surface area contributed by atoms with E-state index < -0.39 is 6.04 Å². The van der Waals surface area contributed by atoms with Crippen LogP contribution in [0, 0.1) is 12.3 Å². The summed E-state index contributed by atoms with van der Waals surface area (Å²) in [5, 5.41) is 0. The summed E-state index contributed by atoms with van der Waals surface area (Å²) in [6, 6.07) is 6.87. The third-order valence-electron chi connectivity index (χ3n) is 2.04. The topological polar surface area (TPSA) is 52.3 Å².